The summed E-state index contributed by atoms with van der Waals surface area (Å²) in [4.78, 5) is 22.8. The fourth-order valence-corrected chi connectivity index (χ4v) is 1.83. The Balaban J connectivity index is 2.03. The van der Waals surface area contributed by atoms with E-state index in [0.717, 1.165) is 5.56 Å². The zero-order valence-electron chi connectivity index (χ0n) is 11.6. The monoisotopic (exact) mass is 295 g/mol. The lowest BCUT2D eigenvalue weighted by molar-refractivity contribution is 0.0472. The third-order valence-electron chi connectivity index (χ3n) is 2.79. The highest BCUT2D eigenvalue weighted by Gasteiger charge is 2.09. The number of rotatable bonds is 4. The molecule has 6 nitrogen and oxygen atoms in total. The minimum atomic E-state index is -0.709. The van der Waals surface area contributed by atoms with Crippen LogP contribution in [0.25, 0.3) is 0 Å². The molecule has 3 N–H and O–H groups in total. The number of benzene rings is 2. The smallest absolute Gasteiger partial charge is 0.338 e. The van der Waals surface area contributed by atoms with Crippen LogP contribution in [0, 0.1) is 11.3 Å². The van der Waals surface area contributed by atoms with E-state index in [9.17, 15) is 9.59 Å². The van der Waals surface area contributed by atoms with Gasteiger partial charge < -0.3 is 15.8 Å². The van der Waals surface area contributed by atoms with Crippen LogP contribution in [0.15, 0.2) is 48.5 Å². The van der Waals surface area contributed by atoms with E-state index >= 15 is 0 Å². The van der Waals surface area contributed by atoms with Crippen LogP contribution < -0.4 is 11.1 Å². The van der Waals surface area contributed by atoms with Crippen molar-refractivity contribution in [1.29, 1.82) is 5.26 Å². The number of primary amides is 1. The number of anilines is 1. The Morgan fingerprint density at radius 2 is 1.95 bits per heavy atom. The molecule has 2 amide bonds. The average molecular weight is 295 g/mol. The van der Waals surface area contributed by atoms with E-state index < -0.39 is 12.0 Å². The number of esters is 1. The van der Waals surface area contributed by atoms with Crippen molar-refractivity contribution in [2.45, 2.75) is 6.61 Å². The third-order valence-corrected chi connectivity index (χ3v) is 2.79. The fourth-order valence-electron chi connectivity index (χ4n) is 1.83. The molecule has 0 atom stereocenters. The molecule has 0 saturated carbocycles. The van der Waals surface area contributed by atoms with Crippen LogP contribution in [0.4, 0.5) is 10.5 Å². The van der Waals surface area contributed by atoms with Gasteiger partial charge in [-0.1, -0.05) is 18.2 Å². The second kappa shape index (κ2) is 6.90. The Bertz CT molecular complexity index is 750. The first-order valence-electron chi connectivity index (χ1n) is 6.41. The number of nitriles is 1. The van der Waals surface area contributed by atoms with E-state index in [0.29, 0.717) is 16.8 Å². The highest BCUT2D eigenvalue weighted by Crippen LogP contribution is 2.13. The Morgan fingerprint density at radius 1 is 1.18 bits per heavy atom. The Hall–Kier alpha value is -3.33. The van der Waals surface area contributed by atoms with Gasteiger partial charge in [0, 0.05) is 5.69 Å². The lowest BCUT2D eigenvalue weighted by atomic mass is 10.1. The summed E-state index contributed by atoms with van der Waals surface area (Å²) in [5, 5.41) is 11.2. The zero-order valence-corrected chi connectivity index (χ0v) is 11.6. The summed E-state index contributed by atoms with van der Waals surface area (Å²) in [6.07, 6.45) is 0. The number of urea groups is 1. The molecule has 0 fully saturated rings. The number of carbonyl (C=O) groups is 2. The maximum atomic E-state index is 12.0. The molecule has 2 rings (SSSR count). The molecule has 0 aliphatic rings. The SMILES string of the molecule is N#Cc1cccc(COC(=O)c2cccc(NC(N)=O)c2)c1. The molecule has 22 heavy (non-hydrogen) atoms. The van der Waals surface area contributed by atoms with Gasteiger partial charge in [0.25, 0.3) is 0 Å². The Labute approximate surface area is 127 Å². The molecule has 0 aliphatic heterocycles. The molecule has 2 aromatic rings. The number of carbonyl (C=O) groups excluding carboxylic acids is 2. The summed E-state index contributed by atoms with van der Waals surface area (Å²) in [5.41, 5.74) is 6.95. The molecule has 0 unspecified atom stereocenters. The molecular weight excluding hydrogens is 282 g/mol. The molecule has 0 radical (unpaired) electrons. The first kappa shape index (κ1) is 15.1. The van der Waals surface area contributed by atoms with Crippen LogP contribution in [0.3, 0.4) is 0 Å². The minimum absolute atomic E-state index is 0.0574. The summed E-state index contributed by atoms with van der Waals surface area (Å²) in [5.74, 6) is -0.532. The topological polar surface area (TPSA) is 105 Å². The molecular formula is C16H13N3O3. The lowest BCUT2D eigenvalue weighted by Gasteiger charge is -2.07. The Morgan fingerprint density at radius 3 is 2.68 bits per heavy atom. The summed E-state index contributed by atoms with van der Waals surface area (Å²) in [6, 6.07) is 14.4. The standard InChI is InChI=1S/C16H13N3O3/c17-9-11-3-1-4-12(7-11)10-22-15(20)13-5-2-6-14(8-13)19-16(18)21/h1-8H,10H2,(H3,18,19,21). The number of nitrogens with two attached hydrogens (primary N) is 1. The van der Waals surface area contributed by atoms with Crippen molar-refractivity contribution in [2.75, 3.05) is 5.32 Å². The largest absolute Gasteiger partial charge is 0.457 e. The van der Waals surface area contributed by atoms with Gasteiger partial charge >= 0.3 is 12.0 Å². The quantitative estimate of drug-likeness (QED) is 0.845. The van der Waals surface area contributed by atoms with Crippen LogP contribution in [-0.2, 0) is 11.3 Å². The predicted octanol–water partition coefficient (Wildman–Crippen LogP) is 2.41. The van der Waals surface area contributed by atoms with E-state index in [1.54, 1.807) is 42.5 Å². The van der Waals surface area contributed by atoms with Gasteiger partial charge in [0.1, 0.15) is 6.61 Å². The highest BCUT2D eigenvalue weighted by atomic mass is 16.5. The highest BCUT2D eigenvalue weighted by molar-refractivity contribution is 5.93. The first-order chi connectivity index (χ1) is 10.6. The van der Waals surface area contributed by atoms with Crippen LogP contribution in [-0.4, -0.2) is 12.0 Å². The van der Waals surface area contributed by atoms with E-state index in [-0.39, 0.29) is 6.61 Å². The van der Waals surface area contributed by atoms with Crippen molar-refractivity contribution >= 4 is 17.7 Å². The van der Waals surface area contributed by atoms with Gasteiger partial charge in [0.2, 0.25) is 0 Å². The van der Waals surface area contributed by atoms with Crippen LogP contribution in [0.1, 0.15) is 21.5 Å². The number of hydrogen-bond acceptors (Lipinski definition) is 4. The van der Waals surface area contributed by atoms with Gasteiger partial charge in [0.05, 0.1) is 17.2 Å². The van der Waals surface area contributed by atoms with Gasteiger partial charge in [-0.2, -0.15) is 5.26 Å². The van der Waals surface area contributed by atoms with E-state index in [1.807, 2.05) is 6.07 Å². The molecule has 6 heteroatoms. The van der Waals surface area contributed by atoms with Crippen molar-refractivity contribution in [3.8, 4) is 6.07 Å². The zero-order chi connectivity index (χ0) is 15.9. The maximum absolute atomic E-state index is 12.0. The first-order valence-corrected chi connectivity index (χ1v) is 6.41. The molecule has 0 aromatic heterocycles. The van der Waals surface area contributed by atoms with E-state index in [2.05, 4.69) is 5.32 Å². The molecule has 0 bridgehead atoms. The normalized spacial score (nSPS) is 9.59. The lowest BCUT2D eigenvalue weighted by Crippen LogP contribution is -2.19. The molecule has 0 saturated heterocycles. The van der Waals surface area contributed by atoms with Crippen molar-refractivity contribution < 1.29 is 14.3 Å². The summed E-state index contributed by atoms with van der Waals surface area (Å²) >= 11 is 0. The van der Waals surface area contributed by atoms with E-state index in [1.165, 1.54) is 6.07 Å². The molecule has 0 heterocycles. The van der Waals surface area contributed by atoms with Crippen molar-refractivity contribution in [3.63, 3.8) is 0 Å². The van der Waals surface area contributed by atoms with Gasteiger partial charge in [-0.25, -0.2) is 9.59 Å². The number of amides is 2. The fraction of sp³-hybridized carbons (Fsp3) is 0.0625. The van der Waals surface area contributed by atoms with Crippen molar-refractivity contribution in [2.24, 2.45) is 5.73 Å². The summed E-state index contributed by atoms with van der Waals surface area (Å²) < 4.78 is 5.18. The summed E-state index contributed by atoms with van der Waals surface area (Å²) in [7, 11) is 0. The second-order valence-corrected chi connectivity index (χ2v) is 4.46. The number of nitrogens with zero attached hydrogens (tertiary/aromatic N) is 1. The van der Waals surface area contributed by atoms with Crippen LogP contribution in [0.2, 0.25) is 0 Å². The molecule has 110 valence electrons. The van der Waals surface area contributed by atoms with Gasteiger partial charge in [-0.05, 0) is 35.9 Å². The second-order valence-electron chi connectivity index (χ2n) is 4.46. The predicted molar refractivity (Wildman–Crippen MR) is 79.9 cm³/mol. The number of ether oxygens (including phenoxy) is 1. The maximum Gasteiger partial charge on any atom is 0.338 e. The van der Waals surface area contributed by atoms with E-state index in [4.69, 9.17) is 15.7 Å². The molecule has 0 aliphatic carbocycles. The molecule has 2 aromatic carbocycles. The average Bonchev–Trinajstić information content (AvgIpc) is 2.52. The Kier molecular flexibility index (Phi) is 4.73. The number of nitrogens with one attached hydrogen (secondary N) is 1. The van der Waals surface area contributed by atoms with Crippen LogP contribution >= 0.6 is 0 Å². The van der Waals surface area contributed by atoms with Crippen molar-refractivity contribution in [1.82, 2.24) is 0 Å². The van der Waals surface area contributed by atoms with Gasteiger partial charge in [0.15, 0.2) is 0 Å². The van der Waals surface area contributed by atoms with Crippen molar-refractivity contribution in [3.05, 3.63) is 65.2 Å². The number of hydrogen-bond donors (Lipinski definition) is 2. The van der Waals surface area contributed by atoms with Gasteiger partial charge in [-0.3, -0.25) is 0 Å². The third kappa shape index (κ3) is 4.08. The van der Waals surface area contributed by atoms with Gasteiger partial charge in [-0.15, -0.1) is 0 Å². The van der Waals surface area contributed by atoms with Crippen LogP contribution in [0.5, 0.6) is 0 Å². The molecule has 0 spiro atoms. The minimum Gasteiger partial charge on any atom is -0.457 e. The summed E-state index contributed by atoms with van der Waals surface area (Å²) in [6.45, 7) is 0.0574.